The number of benzene rings is 1. The number of nitrogens with one attached hydrogen (secondary N) is 1. The van der Waals surface area contributed by atoms with Crippen molar-refractivity contribution >= 4 is 0 Å². The molecule has 1 unspecified atom stereocenters. The van der Waals surface area contributed by atoms with Crippen LogP contribution >= 0.6 is 0 Å². The Balaban J connectivity index is 1.91. The van der Waals surface area contributed by atoms with Crippen molar-refractivity contribution in [2.45, 2.75) is 38.4 Å². The van der Waals surface area contributed by atoms with Crippen molar-refractivity contribution in [2.24, 2.45) is 0 Å². The van der Waals surface area contributed by atoms with Gasteiger partial charge in [-0.1, -0.05) is 24.3 Å². The number of hydrogen-bond acceptors (Lipinski definition) is 3. The molecule has 1 aromatic rings. The summed E-state index contributed by atoms with van der Waals surface area (Å²) in [7, 11) is 1.77. The number of aryl methyl sites for hydroxylation is 1. The molecule has 1 aromatic carbocycles. The van der Waals surface area contributed by atoms with Gasteiger partial charge in [-0.25, -0.2) is 0 Å². The van der Waals surface area contributed by atoms with Crippen LogP contribution in [0.1, 0.15) is 37.5 Å². The van der Waals surface area contributed by atoms with E-state index in [9.17, 15) is 0 Å². The molecule has 1 atom stereocenters. The fraction of sp³-hybridized carbons (Fsp3) is 0.625. The summed E-state index contributed by atoms with van der Waals surface area (Å²) < 4.78 is 11.2. The largest absolute Gasteiger partial charge is 0.379 e. The third-order valence-electron chi connectivity index (χ3n) is 3.85. The van der Waals surface area contributed by atoms with Crippen molar-refractivity contribution in [2.75, 3.05) is 26.8 Å². The third-order valence-corrected chi connectivity index (χ3v) is 3.85. The van der Waals surface area contributed by atoms with Crippen molar-refractivity contribution < 1.29 is 9.47 Å². The lowest BCUT2D eigenvalue weighted by molar-refractivity contribution is 0.0157. The number of morpholine rings is 1. The van der Waals surface area contributed by atoms with Crippen molar-refractivity contribution in [1.82, 2.24) is 5.32 Å². The predicted molar refractivity (Wildman–Crippen MR) is 77.4 cm³/mol. The van der Waals surface area contributed by atoms with Gasteiger partial charge in [-0.2, -0.15) is 0 Å². The molecule has 3 heteroatoms. The number of rotatable bonds is 5. The molecule has 0 amide bonds. The Kier molecular flexibility index (Phi) is 4.97. The molecule has 0 saturated carbocycles. The molecule has 1 N–H and O–H groups in total. The second-order valence-electron chi connectivity index (χ2n) is 5.77. The SMILES string of the molecule is COC(C)(C)CCc1ccc(C2CNCCO2)cc1. The smallest absolute Gasteiger partial charge is 0.0949 e. The van der Waals surface area contributed by atoms with Gasteiger partial charge in [-0.3, -0.25) is 0 Å². The maximum Gasteiger partial charge on any atom is 0.0949 e. The van der Waals surface area contributed by atoms with Gasteiger partial charge < -0.3 is 14.8 Å². The first-order valence-corrected chi connectivity index (χ1v) is 7.07. The Morgan fingerprint density at radius 1 is 1.32 bits per heavy atom. The first kappa shape index (κ1) is 14.5. The van der Waals surface area contributed by atoms with Gasteiger partial charge in [0.25, 0.3) is 0 Å². The maximum absolute atomic E-state index is 5.75. The minimum Gasteiger partial charge on any atom is -0.379 e. The molecule has 1 heterocycles. The molecule has 1 fully saturated rings. The van der Waals surface area contributed by atoms with Crippen LogP contribution in [-0.4, -0.2) is 32.4 Å². The molecular weight excluding hydrogens is 238 g/mol. The minimum absolute atomic E-state index is 0.0466. The highest BCUT2D eigenvalue weighted by Gasteiger charge is 2.17. The zero-order valence-electron chi connectivity index (χ0n) is 12.2. The Morgan fingerprint density at radius 3 is 2.63 bits per heavy atom. The van der Waals surface area contributed by atoms with Crippen LogP contribution in [0.25, 0.3) is 0 Å². The van der Waals surface area contributed by atoms with Gasteiger partial charge in [0.2, 0.25) is 0 Å². The Bertz CT molecular complexity index is 380. The van der Waals surface area contributed by atoms with Gasteiger partial charge >= 0.3 is 0 Å². The summed E-state index contributed by atoms with van der Waals surface area (Å²) in [6.07, 6.45) is 2.29. The summed E-state index contributed by atoms with van der Waals surface area (Å²) in [4.78, 5) is 0. The normalized spacial score (nSPS) is 20.5. The van der Waals surface area contributed by atoms with Gasteiger partial charge in [0.05, 0.1) is 18.3 Å². The predicted octanol–water partition coefficient (Wildman–Crippen LogP) is 2.71. The Morgan fingerprint density at radius 2 is 2.05 bits per heavy atom. The highest BCUT2D eigenvalue weighted by Crippen LogP contribution is 2.21. The molecule has 0 spiro atoms. The fourth-order valence-electron chi connectivity index (χ4n) is 2.23. The molecule has 2 rings (SSSR count). The highest BCUT2D eigenvalue weighted by molar-refractivity contribution is 5.25. The van der Waals surface area contributed by atoms with Crippen LogP contribution in [0, 0.1) is 0 Å². The van der Waals surface area contributed by atoms with Crippen LogP contribution in [0.3, 0.4) is 0 Å². The second kappa shape index (κ2) is 6.51. The van der Waals surface area contributed by atoms with E-state index in [4.69, 9.17) is 9.47 Å². The maximum atomic E-state index is 5.75. The van der Waals surface area contributed by atoms with E-state index in [1.807, 2.05) is 0 Å². The summed E-state index contributed by atoms with van der Waals surface area (Å²) >= 11 is 0. The van der Waals surface area contributed by atoms with Crippen LogP contribution in [-0.2, 0) is 15.9 Å². The first-order chi connectivity index (χ1) is 9.11. The molecule has 3 nitrogen and oxygen atoms in total. The van der Waals surface area contributed by atoms with Crippen LogP contribution in [0.2, 0.25) is 0 Å². The molecule has 0 aromatic heterocycles. The van der Waals surface area contributed by atoms with Gasteiger partial charge in [0.1, 0.15) is 0 Å². The average Bonchev–Trinajstić information content (AvgIpc) is 2.47. The number of hydrogen-bond donors (Lipinski definition) is 1. The lowest BCUT2D eigenvalue weighted by atomic mass is 9.97. The van der Waals surface area contributed by atoms with Gasteiger partial charge in [-0.15, -0.1) is 0 Å². The van der Waals surface area contributed by atoms with Crippen LogP contribution in [0.15, 0.2) is 24.3 Å². The standard InChI is InChI=1S/C16H25NO2/c1-16(2,18-3)9-8-13-4-6-14(7-5-13)15-12-17-10-11-19-15/h4-7,15,17H,8-12H2,1-3H3. The quantitative estimate of drug-likeness (QED) is 0.886. The summed E-state index contributed by atoms with van der Waals surface area (Å²) in [5.74, 6) is 0. The van der Waals surface area contributed by atoms with E-state index >= 15 is 0 Å². The topological polar surface area (TPSA) is 30.5 Å². The zero-order chi connectivity index (χ0) is 13.7. The van der Waals surface area contributed by atoms with E-state index in [2.05, 4.69) is 43.4 Å². The van der Waals surface area contributed by atoms with Crippen LogP contribution < -0.4 is 5.32 Å². The molecule has 0 radical (unpaired) electrons. The van der Waals surface area contributed by atoms with Gasteiger partial charge in [-0.05, 0) is 37.8 Å². The van der Waals surface area contributed by atoms with E-state index in [1.165, 1.54) is 11.1 Å². The van der Waals surface area contributed by atoms with Gasteiger partial charge in [0, 0.05) is 20.2 Å². The third kappa shape index (κ3) is 4.30. The van der Waals surface area contributed by atoms with Crippen molar-refractivity contribution in [3.05, 3.63) is 35.4 Å². The minimum atomic E-state index is -0.0466. The van der Waals surface area contributed by atoms with Crippen molar-refractivity contribution in [3.8, 4) is 0 Å². The highest BCUT2D eigenvalue weighted by atomic mass is 16.5. The summed E-state index contributed by atoms with van der Waals surface area (Å²) in [5, 5.41) is 3.36. The molecule has 1 aliphatic rings. The summed E-state index contributed by atoms with van der Waals surface area (Å²) in [6.45, 7) is 6.93. The number of methoxy groups -OCH3 is 1. The van der Waals surface area contributed by atoms with E-state index < -0.39 is 0 Å². The van der Waals surface area contributed by atoms with Crippen molar-refractivity contribution in [1.29, 1.82) is 0 Å². The Hall–Kier alpha value is -0.900. The van der Waals surface area contributed by atoms with Crippen LogP contribution in [0.4, 0.5) is 0 Å². The monoisotopic (exact) mass is 263 g/mol. The van der Waals surface area contributed by atoms with E-state index in [0.717, 1.165) is 32.5 Å². The molecule has 1 saturated heterocycles. The fourth-order valence-corrected chi connectivity index (χ4v) is 2.23. The lowest BCUT2D eigenvalue weighted by Crippen LogP contribution is -2.33. The zero-order valence-corrected chi connectivity index (χ0v) is 12.2. The molecule has 0 aliphatic carbocycles. The van der Waals surface area contributed by atoms with E-state index in [1.54, 1.807) is 7.11 Å². The molecule has 1 aliphatic heterocycles. The van der Waals surface area contributed by atoms with E-state index in [0.29, 0.717) is 0 Å². The summed E-state index contributed by atoms with van der Waals surface area (Å²) in [5.41, 5.74) is 2.58. The average molecular weight is 263 g/mol. The second-order valence-corrected chi connectivity index (χ2v) is 5.77. The van der Waals surface area contributed by atoms with E-state index in [-0.39, 0.29) is 11.7 Å². The lowest BCUT2D eigenvalue weighted by Gasteiger charge is -2.24. The van der Waals surface area contributed by atoms with Crippen LogP contribution in [0.5, 0.6) is 0 Å². The number of ether oxygens (including phenoxy) is 2. The molecular formula is C16H25NO2. The van der Waals surface area contributed by atoms with Gasteiger partial charge in [0.15, 0.2) is 0 Å². The van der Waals surface area contributed by atoms with Crippen molar-refractivity contribution in [3.63, 3.8) is 0 Å². The summed E-state index contributed by atoms with van der Waals surface area (Å²) in [6, 6.07) is 8.79. The molecule has 0 bridgehead atoms. The molecule has 19 heavy (non-hydrogen) atoms. The Labute approximate surface area is 116 Å². The molecule has 106 valence electrons. The first-order valence-electron chi connectivity index (χ1n) is 7.07.